The lowest BCUT2D eigenvalue weighted by Gasteiger charge is -2.42. The molecule has 0 spiro atoms. The molecule has 1 saturated heterocycles. The maximum Gasteiger partial charge on any atom is 0.280 e. The quantitative estimate of drug-likeness (QED) is 0.0185. The standard InChI is InChI=1S/C49H67N8O8PSi/c1-33(2)57(34(3)4)66(62-29-17-28-50)64-42-40(30-61-49(35-18-15-14-16-19-35,36-20-24-38(59-10)25-21-36)37-22-26-39(60-11)27-23-37)63-46(43(42)65-67(12,13)48(5,6)7)56-32-51-41-44(56)53-47(54-45(41)58)52-31-55(8)9/h14-16,18-27,31-34,40,42-43,46H,17,29-30H2,1-13H3,(H,53,54,58)/b52-31+/t40-,42+,43?,46-,66?/m1/s1. The second-order valence-corrected chi connectivity index (χ2v) is 24.9. The lowest BCUT2D eigenvalue weighted by atomic mass is 9.80. The number of aliphatic imine (C=N–C) groups is 1. The van der Waals surface area contributed by atoms with Gasteiger partial charge < -0.3 is 37.3 Å². The van der Waals surface area contributed by atoms with Crippen molar-refractivity contribution in [3.63, 3.8) is 0 Å². The first-order valence-electron chi connectivity index (χ1n) is 22.6. The predicted octanol–water partition coefficient (Wildman–Crippen LogP) is 9.32. The number of aromatic amines is 1. The molecule has 0 radical (unpaired) electrons. The summed E-state index contributed by atoms with van der Waals surface area (Å²) in [7, 11) is 2.45. The van der Waals surface area contributed by atoms with Gasteiger partial charge in [0.1, 0.15) is 35.4 Å². The molecule has 6 rings (SSSR count). The number of nitrogens with one attached hydrogen (secondary N) is 1. The van der Waals surface area contributed by atoms with Gasteiger partial charge in [0.25, 0.3) is 14.1 Å². The lowest BCUT2D eigenvalue weighted by Crippen LogP contribution is -2.50. The summed E-state index contributed by atoms with van der Waals surface area (Å²) in [5.41, 5.74) is 1.28. The Morgan fingerprint density at radius 1 is 0.925 bits per heavy atom. The van der Waals surface area contributed by atoms with Gasteiger partial charge >= 0.3 is 0 Å². The largest absolute Gasteiger partial charge is 0.497 e. The van der Waals surface area contributed by atoms with Crippen molar-refractivity contribution in [3.05, 3.63) is 112 Å². The number of aromatic nitrogens is 4. The van der Waals surface area contributed by atoms with E-state index in [0.29, 0.717) is 11.5 Å². The van der Waals surface area contributed by atoms with Gasteiger partial charge in [0, 0.05) is 26.2 Å². The van der Waals surface area contributed by atoms with Crippen LogP contribution in [0.3, 0.4) is 0 Å². The van der Waals surface area contributed by atoms with Crippen LogP contribution in [0.5, 0.6) is 11.5 Å². The molecule has 1 aliphatic heterocycles. The van der Waals surface area contributed by atoms with Crippen molar-refractivity contribution in [2.24, 2.45) is 4.99 Å². The van der Waals surface area contributed by atoms with E-state index in [1.807, 2.05) is 93.0 Å². The lowest BCUT2D eigenvalue weighted by molar-refractivity contribution is -0.0926. The number of ether oxygens (including phenoxy) is 4. The average Bonchev–Trinajstić information content (AvgIpc) is 3.86. The van der Waals surface area contributed by atoms with Crippen LogP contribution < -0.4 is 15.0 Å². The van der Waals surface area contributed by atoms with Crippen LogP contribution in [0.4, 0.5) is 5.95 Å². The van der Waals surface area contributed by atoms with Crippen LogP contribution in [0.1, 0.15) is 77.8 Å². The number of hydrogen-bond donors (Lipinski definition) is 1. The molecule has 67 heavy (non-hydrogen) atoms. The highest BCUT2D eigenvalue weighted by molar-refractivity contribution is 7.44. The van der Waals surface area contributed by atoms with Gasteiger partial charge in [-0.05, 0) is 86.8 Å². The molecule has 2 unspecified atom stereocenters. The number of fused-ring (bicyclic) bond motifs is 1. The number of benzene rings is 3. The van der Waals surface area contributed by atoms with Crippen molar-refractivity contribution in [3.8, 4) is 17.6 Å². The molecular formula is C49H67N8O8PSi. The van der Waals surface area contributed by atoms with Crippen LogP contribution >= 0.6 is 8.53 Å². The van der Waals surface area contributed by atoms with Crippen LogP contribution in [0.25, 0.3) is 11.2 Å². The Balaban J connectivity index is 1.59. The van der Waals surface area contributed by atoms with E-state index in [1.165, 1.54) is 0 Å². The van der Waals surface area contributed by atoms with Gasteiger partial charge in [-0.3, -0.25) is 14.3 Å². The minimum absolute atomic E-state index is 0.00584. The Hall–Kier alpha value is -5.02. The van der Waals surface area contributed by atoms with Gasteiger partial charge in [-0.25, -0.2) is 14.6 Å². The summed E-state index contributed by atoms with van der Waals surface area (Å²) in [5.74, 6) is 1.49. The molecule has 0 bridgehead atoms. The fourth-order valence-electron chi connectivity index (χ4n) is 7.85. The summed E-state index contributed by atoms with van der Waals surface area (Å²) in [5, 5.41) is 9.39. The van der Waals surface area contributed by atoms with Gasteiger partial charge in [-0.15, -0.1) is 0 Å². The van der Waals surface area contributed by atoms with Gasteiger partial charge in [-0.1, -0.05) is 75.4 Å². The highest BCUT2D eigenvalue weighted by atomic mass is 31.2. The minimum atomic E-state index is -2.66. The zero-order valence-electron chi connectivity index (χ0n) is 41.1. The van der Waals surface area contributed by atoms with Crippen LogP contribution in [0.2, 0.25) is 18.1 Å². The molecule has 3 aromatic carbocycles. The molecule has 1 fully saturated rings. The van der Waals surface area contributed by atoms with Crippen molar-refractivity contribution in [1.82, 2.24) is 29.1 Å². The third-order valence-corrected chi connectivity index (χ3v) is 18.7. The topological polar surface area (TPSA) is 171 Å². The number of rotatable bonds is 21. The second-order valence-electron chi connectivity index (χ2n) is 18.8. The maximum absolute atomic E-state index is 13.6. The smallest absolute Gasteiger partial charge is 0.280 e. The van der Waals surface area contributed by atoms with Gasteiger partial charge in [0.15, 0.2) is 25.7 Å². The van der Waals surface area contributed by atoms with Crippen molar-refractivity contribution >= 4 is 40.3 Å². The van der Waals surface area contributed by atoms with Crippen molar-refractivity contribution in [2.75, 3.05) is 41.5 Å². The van der Waals surface area contributed by atoms with E-state index in [0.717, 1.165) is 16.7 Å². The Bertz CT molecular complexity index is 2450. The summed E-state index contributed by atoms with van der Waals surface area (Å²) in [4.78, 5) is 31.9. The number of methoxy groups -OCH3 is 2. The SMILES string of the molecule is COc1ccc(C(OC[C@H]2O[C@@H](n3cnc4c(=O)[nH]c(/N=C/N(C)C)nc43)C(O[Si](C)(C)C(C)(C)C)[C@H]2OP(OCCC#N)N(C(C)C)C(C)C)(c2ccccc2)c2ccc(OC)cc2)cc1. The van der Waals surface area contributed by atoms with Crippen LogP contribution in [-0.2, 0) is 28.5 Å². The normalized spacial score (nSPS) is 18.6. The Kier molecular flexibility index (Phi) is 16.8. The van der Waals surface area contributed by atoms with Crippen LogP contribution in [0, 0.1) is 11.3 Å². The van der Waals surface area contributed by atoms with E-state index in [2.05, 4.69) is 87.3 Å². The molecule has 360 valence electrons. The molecule has 16 nitrogen and oxygen atoms in total. The Labute approximate surface area is 397 Å². The van der Waals surface area contributed by atoms with E-state index >= 15 is 0 Å². The molecule has 0 aliphatic carbocycles. The van der Waals surface area contributed by atoms with Gasteiger partial charge in [0.2, 0.25) is 5.95 Å². The van der Waals surface area contributed by atoms with Crippen LogP contribution in [0.15, 0.2) is 95.0 Å². The van der Waals surface area contributed by atoms with Crippen molar-refractivity contribution < 1.29 is 32.4 Å². The molecule has 2 aromatic heterocycles. The molecular weight excluding hydrogens is 888 g/mol. The summed E-state index contributed by atoms with van der Waals surface area (Å²) in [6, 6.07) is 28.0. The van der Waals surface area contributed by atoms with Crippen molar-refractivity contribution in [2.45, 2.75) is 115 Å². The Morgan fingerprint density at radius 2 is 1.51 bits per heavy atom. The zero-order valence-corrected chi connectivity index (χ0v) is 43.0. The fraction of sp³-hybridized carbons (Fsp3) is 0.490. The summed E-state index contributed by atoms with van der Waals surface area (Å²) in [6.07, 6.45) is -0.0900. The van der Waals surface area contributed by atoms with E-state index in [4.69, 9.17) is 37.4 Å². The van der Waals surface area contributed by atoms with Gasteiger partial charge in [-0.2, -0.15) is 10.2 Å². The molecule has 0 amide bonds. The molecule has 18 heteroatoms. The number of H-pyrrole nitrogens is 1. The van der Waals surface area contributed by atoms with E-state index in [-0.39, 0.29) is 53.9 Å². The molecule has 0 saturated carbocycles. The number of hydrogen-bond acceptors (Lipinski definition) is 13. The van der Waals surface area contributed by atoms with E-state index in [1.54, 1.807) is 36.4 Å². The molecule has 1 N–H and O–H groups in total. The first kappa shape index (κ1) is 51.4. The first-order valence-corrected chi connectivity index (χ1v) is 26.6. The fourth-order valence-corrected chi connectivity index (χ4v) is 10.9. The van der Waals surface area contributed by atoms with E-state index < -0.39 is 52.5 Å². The van der Waals surface area contributed by atoms with Gasteiger partial charge in [0.05, 0.1) is 52.6 Å². The average molecular weight is 955 g/mol. The van der Waals surface area contributed by atoms with E-state index in [9.17, 15) is 10.1 Å². The number of nitrogens with zero attached hydrogens (tertiary/aromatic N) is 7. The zero-order chi connectivity index (χ0) is 48.7. The summed E-state index contributed by atoms with van der Waals surface area (Å²) in [6.45, 7) is 19.4. The third kappa shape index (κ3) is 11.5. The molecule has 5 aromatic rings. The monoisotopic (exact) mass is 954 g/mol. The molecule has 1 aliphatic rings. The predicted molar refractivity (Wildman–Crippen MR) is 264 cm³/mol. The number of imidazole rings is 1. The first-order chi connectivity index (χ1) is 31.8. The molecule has 3 heterocycles. The van der Waals surface area contributed by atoms with Crippen molar-refractivity contribution in [1.29, 1.82) is 5.26 Å². The maximum atomic E-state index is 13.6. The minimum Gasteiger partial charge on any atom is -0.497 e. The molecule has 5 atom stereocenters. The summed E-state index contributed by atoms with van der Waals surface area (Å²) < 4.78 is 51.4. The summed E-state index contributed by atoms with van der Waals surface area (Å²) >= 11 is 0. The Morgan fingerprint density at radius 3 is 2.03 bits per heavy atom. The highest BCUT2D eigenvalue weighted by Gasteiger charge is 2.54. The third-order valence-electron chi connectivity index (χ3n) is 12.1. The second kappa shape index (κ2) is 21.9. The van der Waals surface area contributed by atoms with Crippen LogP contribution in [-0.4, -0.2) is 116 Å². The number of nitriles is 1. The highest BCUT2D eigenvalue weighted by Crippen LogP contribution is 2.53.